The number of alkyl halides is 2. The molecule has 0 aliphatic rings. The molecule has 1 rings (SSSR count). The Hall–Kier alpha value is -2.45. The summed E-state index contributed by atoms with van der Waals surface area (Å²) in [6.07, 6.45) is -0.0370. The lowest BCUT2D eigenvalue weighted by molar-refractivity contribution is -0.0497. The predicted octanol–water partition coefficient (Wildman–Crippen LogP) is 2.73. The maximum absolute atomic E-state index is 12.3. The number of anilines is 1. The molecule has 0 fully saturated rings. The van der Waals surface area contributed by atoms with Gasteiger partial charge in [-0.1, -0.05) is 0 Å². The van der Waals surface area contributed by atoms with E-state index < -0.39 is 30.0 Å². The number of carbonyl (C=O) groups excluding carboxylic acids is 1. The van der Waals surface area contributed by atoms with E-state index in [0.29, 0.717) is 0 Å². The summed E-state index contributed by atoms with van der Waals surface area (Å²) in [7, 11) is 0. The molecule has 0 unspecified atom stereocenters. The first kappa shape index (κ1) is 16.6. The summed E-state index contributed by atoms with van der Waals surface area (Å²) in [5.41, 5.74) is -1.16. The minimum atomic E-state index is -3.20. The third kappa shape index (κ3) is 5.59. The first-order chi connectivity index (χ1) is 9.58. The number of hydrogen-bond donors (Lipinski definition) is 2. The van der Waals surface area contributed by atoms with Crippen molar-refractivity contribution in [2.45, 2.75) is 33.0 Å². The van der Waals surface area contributed by atoms with Gasteiger partial charge >= 0.3 is 18.7 Å². The summed E-state index contributed by atoms with van der Waals surface area (Å²) in [5.74, 6) is -2.31. The standard InChI is InChI=1S/C12H14F2N2O5/c1-12(2,3)21-11(19)16-8-7(20-10(13)14)4-6(5-15-8)9(17)18/h4-5,10H,1-3H3,(H,17,18)(H,15,16,19). The van der Waals surface area contributed by atoms with Gasteiger partial charge in [0.2, 0.25) is 0 Å². The maximum Gasteiger partial charge on any atom is 0.413 e. The van der Waals surface area contributed by atoms with Crippen molar-refractivity contribution in [2.24, 2.45) is 0 Å². The van der Waals surface area contributed by atoms with Crippen molar-refractivity contribution in [1.82, 2.24) is 4.98 Å². The lowest BCUT2D eigenvalue weighted by Crippen LogP contribution is -2.27. The number of hydrogen-bond acceptors (Lipinski definition) is 5. The SMILES string of the molecule is CC(C)(C)OC(=O)Nc1ncc(C(=O)O)cc1OC(F)F. The minimum Gasteiger partial charge on any atom is -0.478 e. The maximum atomic E-state index is 12.3. The molecular formula is C12H14F2N2O5. The van der Waals surface area contributed by atoms with Crippen molar-refractivity contribution >= 4 is 17.9 Å². The highest BCUT2D eigenvalue weighted by Gasteiger charge is 2.20. The van der Waals surface area contributed by atoms with Crippen molar-refractivity contribution < 1.29 is 33.0 Å². The first-order valence-corrected chi connectivity index (χ1v) is 5.76. The van der Waals surface area contributed by atoms with Gasteiger partial charge in [-0.05, 0) is 20.8 Å². The number of pyridine rings is 1. The smallest absolute Gasteiger partial charge is 0.413 e. The van der Waals surface area contributed by atoms with E-state index in [-0.39, 0.29) is 11.4 Å². The van der Waals surface area contributed by atoms with E-state index in [1.165, 1.54) is 0 Å². The number of aromatic carboxylic acids is 1. The predicted molar refractivity (Wildman–Crippen MR) is 67.7 cm³/mol. The number of carboxylic acids is 1. The summed E-state index contributed by atoms with van der Waals surface area (Å²) in [4.78, 5) is 25.9. The molecule has 21 heavy (non-hydrogen) atoms. The van der Waals surface area contributed by atoms with E-state index in [0.717, 1.165) is 12.3 Å². The fourth-order valence-corrected chi connectivity index (χ4v) is 1.24. The van der Waals surface area contributed by atoms with Crippen LogP contribution in [0.2, 0.25) is 0 Å². The van der Waals surface area contributed by atoms with Crippen LogP contribution in [0, 0.1) is 0 Å². The number of halogens is 2. The molecule has 0 saturated carbocycles. The number of aromatic nitrogens is 1. The Morgan fingerprint density at radius 2 is 2.00 bits per heavy atom. The number of nitrogens with zero attached hydrogens (tertiary/aromatic N) is 1. The van der Waals surface area contributed by atoms with Crippen LogP contribution in [0.3, 0.4) is 0 Å². The van der Waals surface area contributed by atoms with E-state index in [1.54, 1.807) is 20.8 Å². The lowest BCUT2D eigenvalue weighted by Gasteiger charge is -2.20. The number of amides is 1. The Labute approximate surface area is 118 Å². The second kappa shape index (κ2) is 6.33. The highest BCUT2D eigenvalue weighted by molar-refractivity contribution is 5.90. The molecule has 1 heterocycles. The van der Waals surface area contributed by atoms with Gasteiger partial charge in [-0.2, -0.15) is 8.78 Å². The number of carboxylic acid groups (broad SMARTS) is 1. The Bertz CT molecular complexity index is 543. The molecule has 0 atom stereocenters. The number of rotatable bonds is 4. The topological polar surface area (TPSA) is 97.8 Å². The van der Waals surface area contributed by atoms with Crippen molar-refractivity contribution in [1.29, 1.82) is 0 Å². The van der Waals surface area contributed by atoms with Gasteiger partial charge in [-0.3, -0.25) is 5.32 Å². The second-order valence-electron chi connectivity index (χ2n) is 4.88. The molecule has 0 aromatic carbocycles. The van der Waals surface area contributed by atoms with Crippen LogP contribution in [-0.4, -0.2) is 34.4 Å². The molecule has 1 aromatic heterocycles. The first-order valence-electron chi connectivity index (χ1n) is 5.76. The van der Waals surface area contributed by atoms with Crippen molar-refractivity contribution in [3.63, 3.8) is 0 Å². The average molecular weight is 304 g/mol. The number of nitrogens with one attached hydrogen (secondary N) is 1. The molecule has 116 valence electrons. The largest absolute Gasteiger partial charge is 0.478 e. The monoisotopic (exact) mass is 304 g/mol. The zero-order valence-electron chi connectivity index (χ0n) is 11.5. The minimum absolute atomic E-state index is 0.361. The molecule has 0 spiro atoms. The molecule has 0 radical (unpaired) electrons. The van der Waals surface area contributed by atoms with Gasteiger partial charge in [0.1, 0.15) is 5.60 Å². The summed E-state index contributed by atoms with van der Waals surface area (Å²) in [5, 5.41) is 10.9. The van der Waals surface area contributed by atoms with Crippen molar-refractivity contribution in [3.8, 4) is 5.75 Å². The normalized spacial score (nSPS) is 11.1. The molecular weight excluding hydrogens is 290 g/mol. The van der Waals surface area contributed by atoms with Gasteiger partial charge in [0.05, 0.1) is 5.56 Å². The van der Waals surface area contributed by atoms with Crippen LogP contribution in [0.4, 0.5) is 19.4 Å². The molecule has 1 aromatic rings. The number of ether oxygens (including phenoxy) is 2. The Kier molecular flexibility index (Phi) is 5.01. The third-order valence-electron chi connectivity index (χ3n) is 1.94. The van der Waals surface area contributed by atoms with Crippen LogP contribution in [0.1, 0.15) is 31.1 Å². The van der Waals surface area contributed by atoms with E-state index in [1.807, 2.05) is 0 Å². The third-order valence-corrected chi connectivity index (χ3v) is 1.94. The van der Waals surface area contributed by atoms with Crippen molar-refractivity contribution in [2.75, 3.05) is 5.32 Å². The molecule has 0 aliphatic carbocycles. The Morgan fingerprint density at radius 1 is 1.38 bits per heavy atom. The summed E-state index contributed by atoms with van der Waals surface area (Å²) < 4.78 is 33.7. The zero-order chi connectivity index (χ0) is 16.2. The molecule has 0 bridgehead atoms. The average Bonchev–Trinajstić information content (AvgIpc) is 2.27. The zero-order valence-corrected chi connectivity index (χ0v) is 11.5. The summed E-state index contributed by atoms with van der Waals surface area (Å²) in [6, 6.07) is 0.828. The molecule has 0 aliphatic heterocycles. The van der Waals surface area contributed by atoms with Gasteiger partial charge in [-0.25, -0.2) is 14.6 Å². The van der Waals surface area contributed by atoms with E-state index in [9.17, 15) is 18.4 Å². The van der Waals surface area contributed by atoms with Crippen LogP contribution < -0.4 is 10.1 Å². The van der Waals surface area contributed by atoms with Crippen LogP contribution in [-0.2, 0) is 4.74 Å². The molecule has 9 heteroatoms. The van der Waals surface area contributed by atoms with E-state index in [4.69, 9.17) is 9.84 Å². The molecule has 1 amide bonds. The van der Waals surface area contributed by atoms with Gasteiger partial charge in [0, 0.05) is 12.3 Å². The highest BCUT2D eigenvalue weighted by atomic mass is 19.3. The molecule has 7 nitrogen and oxygen atoms in total. The van der Waals surface area contributed by atoms with Gasteiger partial charge in [0.15, 0.2) is 11.6 Å². The van der Waals surface area contributed by atoms with E-state index in [2.05, 4.69) is 15.0 Å². The second-order valence-corrected chi connectivity index (χ2v) is 4.88. The Morgan fingerprint density at radius 3 is 2.48 bits per heavy atom. The van der Waals surface area contributed by atoms with Crippen LogP contribution in [0.25, 0.3) is 0 Å². The quantitative estimate of drug-likeness (QED) is 0.887. The fraction of sp³-hybridized carbons (Fsp3) is 0.417. The van der Waals surface area contributed by atoms with Crippen LogP contribution in [0.15, 0.2) is 12.3 Å². The number of carbonyl (C=O) groups is 2. The molecule has 0 saturated heterocycles. The lowest BCUT2D eigenvalue weighted by atomic mass is 10.2. The summed E-state index contributed by atoms with van der Waals surface area (Å²) >= 11 is 0. The van der Waals surface area contributed by atoms with Crippen LogP contribution >= 0.6 is 0 Å². The Balaban J connectivity index is 2.99. The van der Waals surface area contributed by atoms with Gasteiger partial charge in [0.25, 0.3) is 0 Å². The highest BCUT2D eigenvalue weighted by Crippen LogP contribution is 2.25. The van der Waals surface area contributed by atoms with Crippen LogP contribution in [0.5, 0.6) is 5.75 Å². The van der Waals surface area contributed by atoms with Crippen molar-refractivity contribution in [3.05, 3.63) is 17.8 Å². The fourth-order valence-electron chi connectivity index (χ4n) is 1.24. The summed E-state index contributed by atoms with van der Waals surface area (Å²) in [6.45, 7) is 1.65. The van der Waals surface area contributed by atoms with E-state index >= 15 is 0 Å². The molecule has 2 N–H and O–H groups in total. The van der Waals surface area contributed by atoms with Gasteiger partial charge < -0.3 is 14.6 Å². The van der Waals surface area contributed by atoms with Gasteiger partial charge in [-0.15, -0.1) is 0 Å².